The number of esters is 1. The van der Waals surface area contributed by atoms with Crippen LogP contribution < -0.4 is 0 Å². The highest BCUT2D eigenvalue weighted by atomic mass is 16.5. The molecule has 0 radical (unpaired) electrons. The number of oxime groups is 1. The average molecular weight is 287 g/mol. The van der Waals surface area contributed by atoms with Crippen molar-refractivity contribution in [3.05, 3.63) is 35.9 Å². The van der Waals surface area contributed by atoms with Crippen molar-refractivity contribution in [1.29, 1.82) is 0 Å². The average Bonchev–Trinajstić information content (AvgIpc) is 3.04. The van der Waals surface area contributed by atoms with Crippen LogP contribution in [0.1, 0.15) is 31.2 Å². The van der Waals surface area contributed by atoms with Gasteiger partial charge in [0.2, 0.25) is 0 Å². The number of nitrogens with zero attached hydrogens (tertiary/aromatic N) is 1. The zero-order valence-corrected chi connectivity index (χ0v) is 12.3. The second-order valence-corrected chi connectivity index (χ2v) is 6.27. The Bertz CT molecular complexity index is 546. The summed E-state index contributed by atoms with van der Waals surface area (Å²) in [4.78, 5) is 12.0. The minimum atomic E-state index is -0.249. The first-order valence-electron chi connectivity index (χ1n) is 7.53. The smallest absolute Gasteiger partial charge is 0.309 e. The van der Waals surface area contributed by atoms with E-state index in [1.54, 1.807) is 0 Å². The summed E-state index contributed by atoms with van der Waals surface area (Å²) in [7, 11) is 1.44. The molecule has 0 heterocycles. The van der Waals surface area contributed by atoms with Gasteiger partial charge in [0.1, 0.15) is 0 Å². The fourth-order valence-corrected chi connectivity index (χ4v) is 4.19. The van der Waals surface area contributed by atoms with Crippen molar-refractivity contribution in [2.75, 3.05) is 7.11 Å². The Labute approximate surface area is 124 Å². The predicted molar refractivity (Wildman–Crippen MR) is 79.3 cm³/mol. The van der Waals surface area contributed by atoms with Gasteiger partial charge in [-0.15, -0.1) is 0 Å². The van der Waals surface area contributed by atoms with Crippen LogP contribution in [-0.2, 0) is 16.0 Å². The number of aryl methyl sites for hydroxylation is 1. The molecule has 0 amide bonds. The third-order valence-electron chi connectivity index (χ3n) is 5.22. The molecule has 1 N–H and O–H groups in total. The van der Waals surface area contributed by atoms with E-state index >= 15 is 0 Å². The molecular formula is C17H21NO3. The number of hydrogen-bond donors (Lipinski definition) is 1. The standard InChI is InChI=1S/C17H21NO3/c1-21-16(19)14-9-13-10-17(14,11-13)15(18-20)8-7-12-5-3-2-4-6-12/h2-6,13-14,20H,7-11H2,1H3/b18-15+. The molecule has 112 valence electrons. The molecule has 0 aliphatic heterocycles. The van der Waals surface area contributed by atoms with E-state index in [1.165, 1.54) is 12.7 Å². The van der Waals surface area contributed by atoms with Crippen molar-refractivity contribution in [1.82, 2.24) is 0 Å². The largest absolute Gasteiger partial charge is 0.469 e. The van der Waals surface area contributed by atoms with Gasteiger partial charge in [-0.1, -0.05) is 35.5 Å². The summed E-state index contributed by atoms with van der Waals surface area (Å²) in [6, 6.07) is 10.2. The normalized spacial score (nSPS) is 30.8. The number of carbonyl (C=O) groups is 1. The van der Waals surface area contributed by atoms with Crippen LogP contribution in [0.25, 0.3) is 0 Å². The Morgan fingerprint density at radius 1 is 1.38 bits per heavy atom. The molecule has 4 heteroatoms. The second kappa shape index (κ2) is 5.51. The van der Waals surface area contributed by atoms with Crippen LogP contribution in [0, 0.1) is 17.3 Å². The third kappa shape index (κ3) is 2.33. The van der Waals surface area contributed by atoms with Crippen molar-refractivity contribution < 1.29 is 14.7 Å². The van der Waals surface area contributed by atoms with Crippen LogP contribution in [0.3, 0.4) is 0 Å². The van der Waals surface area contributed by atoms with E-state index in [0.717, 1.165) is 31.4 Å². The summed E-state index contributed by atoms with van der Waals surface area (Å²) in [6.45, 7) is 0. The van der Waals surface area contributed by atoms with E-state index in [1.807, 2.05) is 18.2 Å². The maximum atomic E-state index is 12.0. The lowest BCUT2D eigenvalue weighted by Gasteiger charge is -2.41. The molecule has 0 aromatic heterocycles. The third-order valence-corrected chi connectivity index (χ3v) is 5.22. The van der Waals surface area contributed by atoms with E-state index in [-0.39, 0.29) is 17.3 Å². The van der Waals surface area contributed by atoms with Crippen LogP contribution in [-0.4, -0.2) is 24.0 Å². The molecule has 3 aliphatic carbocycles. The molecule has 21 heavy (non-hydrogen) atoms. The van der Waals surface area contributed by atoms with Gasteiger partial charge in [-0.2, -0.15) is 0 Å². The number of methoxy groups -OCH3 is 1. The van der Waals surface area contributed by atoms with Gasteiger partial charge in [0.15, 0.2) is 0 Å². The van der Waals surface area contributed by atoms with Crippen molar-refractivity contribution >= 4 is 11.7 Å². The molecule has 3 aliphatic rings. The lowest BCUT2D eigenvalue weighted by Crippen LogP contribution is -2.43. The first-order chi connectivity index (χ1) is 10.2. The van der Waals surface area contributed by atoms with E-state index in [9.17, 15) is 10.0 Å². The highest BCUT2D eigenvalue weighted by Crippen LogP contribution is 2.63. The molecule has 1 aromatic carbocycles. The van der Waals surface area contributed by atoms with Crippen molar-refractivity contribution in [3.63, 3.8) is 0 Å². The fraction of sp³-hybridized carbons (Fsp3) is 0.529. The summed E-state index contributed by atoms with van der Waals surface area (Å²) in [5, 5.41) is 13.0. The summed E-state index contributed by atoms with van der Waals surface area (Å²) in [6.07, 6.45) is 4.32. The topological polar surface area (TPSA) is 58.9 Å². The number of carbonyl (C=O) groups excluding carboxylic acids is 1. The molecular weight excluding hydrogens is 266 g/mol. The minimum Gasteiger partial charge on any atom is -0.469 e. The van der Waals surface area contributed by atoms with Crippen molar-refractivity contribution in [2.24, 2.45) is 22.4 Å². The Balaban J connectivity index is 1.73. The first-order valence-corrected chi connectivity index (χ1v) is 7.53. The van der Waals surface area contributed by atoms with Gasteiger partial charge in [0, 0.05) is 5.41 Å². The molecule has 1 atom stereocenters. The van der Waals surface area contributed by atoms with Gasteiger partial charge in [-0.3, -0.25) is 4.79 Å². The zero-order chi connectivity index (χ0) is 14.9. The zero-order valence-electron chi connectivity index (χ0n) is 12.3. The molecule has 2 bridgehead atoms. The van der Waals surface area contributed by atoms with E-state index in [2.05, 4.69) is 17.3 Å². The Hall–Kier alpha value is -1.84. The monoisotopic (exact) mass is 287 g/mol. The van der Waals surface area contributed by atoms with Gasteiger partial charge < -0.3 is 9.94 Å². The van der Waals surface area contributed by atoms with E-state index < -0.39 is 0 Å². The molecule has 4 rings (SSSR count). The predicted octanol–water partition coefficient (Wildman–Crippen LogP) is 3.04. The second-order valence-electron chi connectivity index (χ2n) is 6.27. The number of fused-ring (bicyclic) bond motifs is 1. The maximum absolute atomic E-state index is 12.0. The van der Waals surface area contributed by atoms with E-state index in [0.29, 0.717) is 12.3 Å². The van der Waals surface area contributed by atoms with Crippen molar-refractivity contribution in [3.8, 4) is 0 Å². The Morgan fingerprint density at radius 2 is 2.10 bits per heavy atom. The number of ether oxygens (including phenoxy) is 1. The quantitative estimate of drug-likeness (QED) is 0.392. The summed E-state index contributed by atoms with van der Waals surface area (Å²) in [5.41, 5.74) is 1.75. The van der Waals surface area contributed by atoms with Crippen LogP contribution in [0.2, 0.25) is 0 Å². The van der Waals surface area contributed by atoms with E-state index in [4.69, 9.17) is 4.74 Å². The first kappa shape index (κ1) is 14.1. The SMILES string of the molecule is COC(=O)C1CC2CC1(/C(CCc1ccccc1)=N/O)C2. The molecule has 1 unspecified atom stereocenters. The molecule has 1 aromatic rings. The maximum Gasteiger partial charge on any atom is 0.309 e. The molecule has 0 saturated heterocycles. The molecule has 4 nitrogen and oxygen atoms in total. The minimum absolute atomic E-state index is 0.130. The Kier molecular flexibility index (Phi) is 3.70. The summed E-state index contributed by atoms with van der Waals surface area (Å²) >= 11 is 0. The lowest BCUT2D eigenvalue weighted by atomic mass is 9.62. The fourth-order valence-electron chi connectivity index (χ4n) is 4.19. The summed E-state index contributed by atoms with van der Waals surface area (Å²) in [5.74, 6) is 0.299. The van der Waals surface area contributed by atoms with Crippen LogP contribution in [0.15, 0.2) is 35.5 Å². The number of rotatable bonds is 5. The summed E-state index contributed by atoms with van der Waals surface area (Å²) < 4.78 is 4.94. The van der Waals surface area contributed by atoms with Crippen LogP contribution >= 0.6 is 0 Å². The van der Waals surface area contributed by atoms with Gasteiger partial charge >= 0.3 is 5.97 Å². The molecule has 3 saturated carbocycles. The molecule has 0 spiro atoms. The van der Waals surface area contributed by atoms with Gasteiger partial charge in [-0.05, 0) is 43.6 Å². The van der Waals surface area contributed by atoms with Gasteiger partial charge in [-0.25, -0.2) is 0 Å². The van der Waals surface area contributed by atoms with Gasteiger partial charge in [0.05, 0.1) is 18.7 Å². The van der Waals surface area contributed by atoms with Crippen LogP contribution in [0.4, 0.5) is 0 Å². The number of hydrogen-bond acceptors (Lipinski definition) is 4. The highest BCUT2D eigenvalue weighted by molar-refractivity contribution is 5.96. The molecule has 3 fully saturated rings. The number of benzene rings is 1. The lowest BCUT2D eigenvalue weighted by molar-refractivity contribution is -0.147. The van der Waals surface area contributed by atoms with Crippen molar-refractivity contribution in [2.45, 2.75) is 32.1 Å². The Morgan fingerprint density at radius 3 is 2.71 bits per heavy atom. The highest BCUT2D eigenvalue weighted by Gasteiger charge is 2.62. The van der Waals surface area contributed by atoms with Gasteiger partial charge in [0.25, 0.3) is 0 Å². The van der Waals surface area contributed by atoms with Crippen LogP contribution in [0.5, 0.6) is 0 Å².